The number of carbonyl (C=O) groups is 3. The molecule has 0 fully saturated rings. The van der Waals surface area contributed by atoms with Gasteiger partial charge in [-0.05, 0) is 73.2 Å². The summed E-state index contributed by atoms with van der Waals surface area (Å²) in [5, 5.41) is 20.0. The molecular formula is C25H27Br2NO5. The largest absolute Gasteiger partial charge is 0.506 e. The molecular weight excluding hydrogens is 554 g/mol. The highest BCUT2D eigenvalue weighted by Crippen LogP contribution is 2.55. The van der Waals surface area contributed by atoms with Crippen LogP contribution in [0.5, 0.6) is 5.75 Å². The molecule has 1 aliphatic heterocycles. The number of halogens is 2. The number of allylic oxidation sites excluding steroid dienone is 4. The van der Waals surface area contributed by atoms with Gasteiger partial charge in [0.05, 0.1) is 8.95 Å². The molecule has 1 aromatic rings. The number of rotatable bonds is 3. The second-order valence-corrected chi connectivity index (χ2v) is 12.6. The van der Waals surface area contributed by atoms with Crippen LogP contribution in [0.2, 0.25) is 0 Å². The smallest absolute Gasteiger partial charge is 0.323 e. The van der Waals surface area contributed by atoms with E-state index in [1.807, 2.05) is 27.7 Å². The molecule has 6 nitrogen and oxygen atoms in total. The minimum Gasteiger partial charge on any atom is -0.506 e. The van der Waals surface area contributed by atoms with Crippen molar-refractivity contribution in [3.63, 3.8) is 0 Å². The maximum absolute atomic E-state index is 13.6. The summed E-state index contributed by atoms with van der Waals surface area (Å²) in [6, 6.07) is 3.49. The SMILES string of the molecule is CC1(C)CC(=O)C2=C(C1)N(CC(=O)O)C1=C(C(=O)CC(C)(C)C1)C2c1cc(Br)c(O)c(Br)c1. The van der Waals surface area contributed by atoms with E-state index < -0.39 is 11.9 Å². The van der Waals surface area contributed by atoms with Crippen LogP contribution in [-0.2, 0) is 14.4 Å². The minimum atomic E-state index is -1.01. The van der Waals surface area contributed by atoms with Crippen molar-refractivity contribution in [2.75, 3.05) is 6.54 Å². The highest BCUT2D eigenvalue weighted by Gasteiger charge is 2.49. The fourth-order valence-corrected chi connectivity index (χ4v) is 6.68. The molecule has 0 radical (unpaired) electrons. The van der Waals surface area contributed by atoms with Gasteiger partial charge in [-0.1, -0.05) is 27.7 Å². The number of carboxylic acids is 1. The van der Waals surface area contributed by atoms with Crippen molar-refractivity contribution in [3.8, 4) is 5.75 Å². The molecule has 1 heterocycles. The number of hydrogen-bond donors (Lipinski definition) is 2. The Morgan fingerprint density at radius 2 is 1.36 bits per heavy atom. The quantitative estimate of drug-likeness (QED) is 0.477. The van der Waals surface area contributed by atoms with Gasteiger partial charge in [0.15, 0.2) is 11.6 Å². The molecule has 1 aromatic carbocycles. The van der Waals surface area contributed by atoms with Gasteiger partial charge in [-0.2, -0.15) is 0 Å². The lowest BCUT2D eigenvalue weighted by atomic mass is 9.63. The van der Waals surface area contributed by atoms with Crippen LogP contribution in [0.1, 0.15) is 64.9 Å². The summed E-state index contributed by atoms with van der Waals surface area (Å²) in [6.45, 7) is 7.75. The van der Waals surface area contributed by atoms with Gasteiger partial charge in [-0.3, -0.25) is 14.4 Å². The number of aromatic hydroxyl groups is 1. The van der Waals surface area contributed by atoms with E-state index in [1.54, 1.807) is 17.0 Å². The molecule has 2 aliphatic carbocycles. The number of carbonyl (C=O) groups excluding carboxylic acids is 2. The van der Waals surface area contributed by atoms with Crippen molar-refractivity contribution in [3.05, 3.63) is 49.2 Å². The molecule has 0 saturated carbocycles. The predicted octanol–water partition coefficient (Wildman–Crippen LogP) is 5.69. The van der Waals surface area contributed by atoms with Crippen molar-refractivity contribution in [1.29, 1.82) is 0 Å². The van der Waals surface area contributed by atoms with Gasteiger partial charge in [0.2, 0.25) is 0 Å². The lowest BCUT2D eigenvalue weighted by Crippen LogP contribution is -2.45. The van der Waals surface area contributed by atoms with Gasteiger partial charge < -0.3 is 15.1 Å². The van der Waals surface area contributed by atoms with E-state index in [2.05, 4.69) is 31.9 Å². The normalized spacial score (nSPS) is 22.4. The number of hydrogen-bond acceptors (Lipinski definition) is 5. The summed E-state index contributed by atoms with van der Waals surface area (Å²) in [6.07, 6.45) is 1.74. The van der Waals surface area contributed by atoms with Gasteiger partial charge in [0, 0.05) is 41.3 Å². The number of Topliss-reactive ketones (excluding diaryl/α,β-unsaturated/α-hetero) is 2. The summed E-state index contributed by atoms with van der Waals surface area (Å²) in [5.41, 5.74) is 2.49. The Morgan fingerprint density at radius 1 is 0.939 bits per heavy atom. The Balaban J connectivity index is 2.04. The van der Waals surface area contributed by atoms with Crippen LogP contribution in [0.3, 0.4) is 0 Å². The highest BCUT2D eigenvalue weighted by molar-refractivity contribution is 9.11. The molecule has 0 atom stereocenters. The Bertz CT molecular complexity index is 1080. The monoisotopic (exact) mass is 579 g/mol. The first-order valence-corrected chi connectivity index (χ1v) is 12.5. The summed E-state index contributed by atoms with van der Waals surface area (Å²) in [4.78, 5) is 40.7. The van der Waals surface area contributed by atoms with Crippen LogP contribution in [0.15, 0.2) is 43.6 Å². The van der Waals surface area contributed by atoms with Crippen LogP contribution in [-0.4, -0.2) is 39.2 Å². The second-order valence-electron chi connectivity index (χ2n) is 10.8. The van der Waals surface area contributed by atoms with Crippen molar-refractivity contribution in [2.45, 2.75) is 59.3 Å². The molecule has 0 unspecified atom stereocenters. The van der Waals surface area contributed by atoms with Crippen LogP contribution in [0, 0.1) is 10.8 Å². The molecule has 176 valence electrons. The van der Waals surface area contributed by atoms with Gasteiger partial charge in [-0.15, -0.1) is 0 Å². The summed E-state index contributed by atoms with van der Waals surface area (Å²) in [5.74, 6) is -1.69. The van der Waals surface area contributed by atoms with Gasteiger partial charge in [0.1, 0.15) is 12.3 Å². The highest BCUT2D eigenvalue weighted by atomic mass is 79.9. The van der Waals surface area contributed by atoms with E-state index in [1.165, 1.54) is 0 Å². The zero-order valence-electron chi connectivity index (χ0n) is 19.1. The molecule has 4 rings (SSSR count). The zero-order chi connectivity index (χ0) is 24.5. The molecule has 33 heavy (non-hydrogen) atoms. The molecule has 3 aliphatic rings. The number of nitrogens with zero attached hydrogens (tertiary/aromatic N) is 1. The average molecular weight is 581 g/mol. The number of carboxylic acid groups (broad SMARTS) is 1. The molecule has 8 heteroatoms. The van der Waals surface area contributed by atoms with Crippen LogP contribution in [0.4, 0.5) is 0 Å². The molecule has 2 N–H and O–H groups in total. The summed E-state index contributed by atoms with van der Waals surface area (Å²) < 4.78 is 0.910. The number of phenols is 1. The number of aliphatic carboxylic acids is 1. The average Bonchev–Trinajstić information content (AvgIpc) is 2.64. The molecule has 0 spiro atoms. The van der Waals surface area contributed by atoms with Crippen molar-refractivity contribution < 1.29 is 24.6 Å². The van der Waals surface area contributed by atoms with Crippen LogP contribution >= 0.6 is 31.9 Å². The molecule has 0 bridgehead atoms. The Labute approximate surface area is 210 Å². The maximum atomic E-state index is 13.6. The molecule has 0 saturated heterocycles. The van der Waals surface area contributed by atoms with Crippen LogP contribution < -0.4 is 0 Å². The maximum Gasteiger partial charge on any atom is 0.323 e. The third-order valence-electron chi connectivity index (χ3n) is 6.69. The Kier molecular flexibility index (Phi) is 5.93. The second kappa shape index (κ2) is 8.08. The first-order valence-electron chi connectivity index (χ1n) is 10.9. The van der Waals surface area contributed by atoms with E-state index in [-0.39, 0.29) is 34.7 Å². The fraction of sp³-hybridized carbons (Fsp3) is 0.480. The van der Waals surface area contributed by atoms with Gasteiger partial charge in [-0.25, -0.2) is 0 Å². The van der Waals surface area contributed by atoms with E-state index in [4.69, 9.17) is 0 Å². The fourth-order valence-electron chi connectivity index (χ4n) is 5.46. The van der Waals surface area contributed by atoms with E-state index in [0.717, 1.165) is 0 Å². The number of ketones is 2. The first kappa shape index (κ1) is 24.2. The number of phenolic OH excluding ortho intramolecular Hbond substituents is 1. The lowest BCUT2D eigenvalue weighted by molar-refractivity contribution is -0.138. The van der Waals surface area contributed by atoms with E-state index in [0.29, 0.717) is 62.7 Å². The van der Waals surface area contributed by atoms with Gasteiger partial charge in [0.25, 0.3) is 0 Å². The topological polar surface area (TPSA) is 94.9 Å². The lowest BCUT2D eigenvalue weighted by Gasteiger charge is -2.48. The minimum absolute atomic E-state index is 0.0395. The zero-order valence-corrected chi connectivity index (χ0v) is 22.3. The first-order chi connectivity index (χ1) is 15.2. The van der Waals surface area contributed by atoms with Crippen LogP contribution in [0.25, 0.3) is 0 Å². The van der Waals surface area contributed by atoms with E-state index >= 15 is 0 Å². The third kappa shape index (κ3) is 4.32. The Hall–Kier alpha value is -1.93. The van der Waals surface area contributed by atoms with Crippen molar-refractivity contribution >= 4 is 49.4 Å². The summed E-state index contributed by atoms with van der Waals surface area (Å²) >= 11 is 6.76. The molecule has 0 aromatic heterocycles. The summed E-state index contributed by atoms with van der Waals surface area (Å²) in [7, 11) is 0. The number of benzene rings is 1. The Morgan fingerprint density at radius 3 is 1.76 bits per heavy atom. The third-order valence-corrected chi connectivity index (χ3v) is 7.90. The standard InChI is InChI=1S/C25H27Br2NO5/c1-24(2)7-15-21(17(29)9-24)20(12-5-13(26)23(33)14(27)6-12)22-16(28(15)11-19(31)32)8-25(3,4)10-18(22)30/h5-6,20,33H,7-11H2,1-4H3,(H,31,32). The van der Waals surface area contributed by atoms with E-state index in [9.17, 15) is 24.6 Å². The van der Waals surface area contributed by atoms with Crippen molar-refractivity contribution in [1.82, 2.24) is 4.90 Å². The van der Waals surface area contributed by atoms with Gasteiger partial charge >= 0.3 is 5.97 Å². The predicted molar refractivity (Wildman–Crippen MR) is 131 cm³/mol. The van der Waals surface area contributed by atoms with Crippen molar-refractivity contribution in [2.24, 2.45) is 10.8 Å². The molecule has 0 amide bonds.